The van der Waals surface area contributed by atoms with E-state index in [1.165, 1.54) is 18.3 Å². The number of hydrogen-bond donors (Lipinski definition) is 3. The van der Waals surface area contributed by atoms with Crippen LogP contribution in [-0.2, 0) is 5.41 Å². The molecule has 0 saturated carbocycles. The van der Waals surface area contributed by atoms with E-state index in [-0.39, 0.29) is 16.3 Å². The molecule has 164 valence electrons. The molecule has 0 fully saturated rings. The Morgan fingerprint density at radius 3 is 2.61 bits per heavy atom. The molecule has 9 heteroatoms. The van der Waals surface area contributed by atoms with Crippen LogP contribution in [-0.4, -0.2) is 32.0 Å². The van der Waals surface area contributed by atoms with Crippen LogP contribution in [0.1, 0.15) is 43.3 Å². The SMILES string of the molecule is Cc1ncc2c(NC3c4cc(Cl)c(O)cc4C(C)(C)CC3(O)C(F)(F)F)cccc2n1. The predicted octanol–water partition coefficient (Wildman–Crippen LogP) is 5.43. The number of phenols is 1. The van der Waals surface area contributed by atoms with E-state index in [9.17, 15) is 23.4 Å². The second-order valence-corrected chi connectivity index (χ2v) is 9.01. The van der Waals surface area contributed by atoms with Crippen molar-refractivity contribution < 1.29 is 23.4 Å². The predicted molar refractivity (Wildman–Crippen MR) is 112 cm³/mol. The fourth-order valence-corrected chi connectivity index (χ4v) is 4.59. The summed E-state index contributed by atoms with van der Waals surface area (Å²) in [5.41, 5.74) is -2.60. The van der Waals surface area contributed by atoms with Crippen molar-refractivity contribution in [1.82, 2.24) is 9.97 Å². The Kier molecular flexibility index (Phi) is 4.86. The highest BCUT2D eigenvalue weighted by molar-refractivity contribution is 6.32. The number of nitrogens with zero attached hydrogens (tertiary/aromatic N) is 2. The van der Waals surface area contributed by atoms with Crippen LogP contribution in [0.4, 0.5) is 18.9 Å². The summed E-state index contributed by atoms with van der Waals surface area (Å²) in [7, 11) is 0. The van der Waals surface area contributed by atoms with E-state index in [1.54, 1.807) is 39.0 Å². The van der Waals surface area contributed by atoms with Crippen LogP contribution >= 0.6 is 11.6 Å². The van der Waals surface area contributed by atoms with Crippen molar-refractivity contribution in [2.75, 3.05) is 5.32 Å². The topological polar surface area (TPSA) is 78.3 Å². The Hall–Kier alpha value is -2.58. The molecule has 0 bridgehead atoms. The van der Waals surface area contributed by atoms with Gasteiger partial charge in [0, 0.05) is 17.3 Å². The minimum absolute atomic E-state index is 0.0929. The van der Waals surface area contributed by atoms with Gasteiger partial charge in [-0.25, -0.2) is 9.97 Å². The molecule has 0 spiro atoms. The molecule has 3 N–H and O–H groups in total. The van der Waals surface area contributed by atoms with Gasteiger partial charge in [0.05, 0.1) is 16.6 Å². The maximum atomic E-state index is 14.3. The Morgan fingerprint density at radius 2 is 1.94 bits per heavy atom. The molecule has 31 heavy (non-hydrogen) atoms. The molecule has 1 aliphatic rings. The van der Waals surface area contributed by atoms with Crippen molar-refractivity contribution >= 4 is 28.2 Å². The van der Waals surface area contributed by atoms with Crippen LogP contribution in [0.5, 0.6) is 5.75 Å². The number of aromatic nitrogens is 2. The summed E-state index contributed by atoms with van der Waals surface area (Å²) in [4.78, 5) is 8.47. The molecular formula is C22H21ClF3N3O2. The van der Waals surface area contributed by atoms with Gasteiger partial charge in [-0.1, -0.05) is 31.5 Å². The normalized spacial score (nSPS) is 22.9. The molecule has 0 saturated heterocycles. The summed E-state index contributed by atoms with van der Waals surface area (Å²) < 4.78 is 42.8. The zero-order valence-corrected chi connectivity index (χ0v) is 17.8. The van der Waals surface area contributed by atoms with Crippen molar-refractivity contribution in [2.45, 2.75) is 50.4 Å². The first-order chi connectivity index (χ1) is 14.3. The first-order valence-electron chi connectivity index (χ1n) is 9.64. The Bertz CT molecular complexity index is 1180. The van der Waals surface area contributed by atoms with E-state index in [1.807, 2.05) is 0 Å². The van der Waals surface area contributed by atoms with Gasteiger partial charge in [0.25, 0.3) is 0 Å². The largest absolute Gasteiger partial charge is 0.506 e. The minimum atomic E-state index is -4.93. The number of aliphatic hydroxyl groups is 1. The van der Waals surface area contributed by atoms with Gasteiger partial charge in [-0.05, 0) is 54.2 Å². The molecule has 2 aromatic carbocycles. The number of alkyl halides is 3. The second kappa shape index (κ2) is 6.97. The Balaban J connectivity index is 1.95. The van der Waals surface area contributed by atoms with Gasteiger partial charge in [0.15, 0.2) is 5.60 Å². The highest BCUT2D eigenvalue weighted by Crippen LogP contribution is 2.55. The Morgan fingerprint density at radius 1 is 1.23 bits per heavy atom. The third kappa shape index (κ3) is 3.47. The summed E-state index contributed by atoms with van der Waals surface area (Å²) in [5, 5.41) is 24.5. The summed E-state index contributed by atoms with van der Waals surface area (Å²) in [5.74, 6) is 0.308. The number of anilines is 1. The number of rotatable bonds is 2. The van der Waals surface area contributed by atoms with Crippen LogP contribution in [0.3, 0.4) is 0 Å². The van der Waals surface area contributed by atoms with Crippen molar-refractivity contribution in [3.8, 4) is 5.75 Å². The molecule has 5 nitrogen and oxygen atoms in total. The first kappa shape index (κ1) is 21.6. The van der Waals surface area contributed by atoms with E-state index < -0.39 is 29.7 Å². The van der Waals surface area contributed by atoms with Crippen LogP contribution in [0.15, 0.2) is 36.5 Å². The molecule has 2 unspecified atom stereocenters. The van der Waals surface area contributed by atoms with Gasteiger partial charge in [0.2, 0.25) is 0 Å². The molecule has 0 aliphatic heterocycles. The lowest BCUT2D eigenvalue weighted by atomic mass is 9.63. The van der Waals surface area contributed by atoms with Crippen LogP contribution in [0, 0.1) is 6.92 Å². The number of benzene rings is 2. The van der Waals surface area contributed by atoms with Gasteiger partial charge >= 0.3 is 6.18 Å². The molecule has 0 amide bonds. The second-order valence-electron chi connectivity index (χ2n) is 8.61. The van der Waals surface area contributed by atoms with Crippen LogP contribution in [0.2, 0.25) is 5.02 Å². The van der Waals surface area contributed by atoms with Gasteiger partial charge < -0.3 is 15.5 Å². The van der Waals surface area contributed by atoms with Gasteiger partial charge in [0.1, 0.15) is 11.6 Å². The minimum Gasteiger partial charge on any atom is -0.506 e. The lowest BCUT2D eigenvalue weighted by molar-refractivity contribution is -0.275. The number of phenolic OH excluding ortho intramolecular Hbond substituents is 1. The van der Waals surface area contributed by atoms with E-state index >= 15 is 0 Å². The lowest BCUT2D eigenvalue weighted by Crippen LogP contribution is -2.58. The molecule has 3 aromatic rings. The van der Waals surface area contributed by atoms with Crippen molar-refractivity contribution in [2.24, 2.45) is 0 Å². The van der Waals surface area contributed by atoms with Crippen molar-refractivity contribution in [3.05, 3.63) is 58.5 Å². The molecule has 1 aromatic heterocycles. The van der Waals surface area contributed by atoms with E-state index in [4.69, 9.17) is 11.6 Å². The fraction of sp³-hybridized carbons (Fsp3) is 0.364. The number of nitrogens with one attached hydrogen (secondary N) is 1. The highest BCUT2D eigenvalue weighted by atomic mass is 35.5. The molecule has 2 atom stereocenters. The van der Waals surface area contributed by atoms with Gasteiger partial charge in [-0.15, -0.1) is 0 Å². The number of aromatic hydroxyl groups is 1. The molecule has 1 aliphatic carbocycles. The standard InChI is InChI=1S/C22H21ClF3N3O2/c1-11-27-9-13-16(28-11)5-4-6-17(13)29-19-12-7-15(23)18(30)8-14(12)20(2,3)10-21(19,31)22(24,25)26/h4-9,19,29-31H,10H2,1-3H3. The molecule has 4 rings (SSSR count). The number of halogens is 4. The molecule has 0 radical (unpaired) electrons. The summed E-state index contributed by atoms with van der Waals surface area (Å²) in [6.07, 6.45) is -4.00. The quantitative estimate of drug-likeness (QED) is 0.484. The fourth-order valence-electron chi connectivity index (χ4n) is 4.42. The van der Waals surface area contributed by atoms with E-state index in [0.717, 1.165) is 0 Å². The zero-order valence-electron chi connectivity index (χ0n) is 17.0. The summed E-state index contributed by atoms with van der Waals surface area (Å²) >= 11 is 6.07. The third-order valence-electron chi connectivity index (χ3n) is 5.88. The average molecular weight is 452 g/mol. The molecule has 1 heterocycles. The first-order valence-corrected chi connectivity index (χ1v) is 10.0. The van der Waals surface area contributed by atoms with Crippen LogP contribution in [0.25, 0.3) is 10.9 Å². The number of fused-ring (bicyclic) bond motifs is 2. The third-order valence-corrected chi connectivity index (χ3v) is 6.19. The van der Waals surface area contributed by atoms with Gasteiger partial charge in [-0.2, -0.15) is 13.2 Å². The monoisotopic (exact) mass is 451 g/mol. The summed E-state index contributed by atoms with van der Waals surface area (Å²) in [6, 6.07) is 6.10. The molecular weight excluding hydrogens is 431 g/mol. The number of hydrogen-bond acceptors (Lipinski definition) is 5. The number of aryl methyl sites for hydroxylation is 1. The highest BCUT2D eigenvalue weighted by Gasteiger charge is 2.63. The maximum absolute atomic E-state index is 14.3. The smallest absolute Gasteiger partial charge is 0.419 e. The van der Waals surface area contributed by atoms with Gasteiger partial charge in [-0.3, -0.25) is 0 Å². The lowest BCUT2D eigenvalue weighted by Gasteiger charge is -2.49. The van der Waals surface area contributed by atoms with E-state index in [0.29, 0.717) is 28.0 Å². The van der Waals surface area contributed by atoms with Crippen LogP contribution < -0.4 is 5.32 Å². The van der Waals surface area contributed by atoms with Crippen molar-refractivity contribution in [1.29, 1.82) is 0 Å². The summed E-state index contributed by atoms with van der Waals surface area (Å²) in [6.45, 7) is 4.91. The van der Waals surface area contributed by atoms with E-state index in [2.05, 4.69) is 15.3 Å². The van der Waals surface area contributed by atoms with Crippen molar-refractivity contribution in [3.63, 3.8) is 0 Å². The maximum Gasteiger partial charge on any atom is 0.419 e. The average Bonchev–Trinajstić information content (AvgIpc) is 2.65. The Labute approximate surface area is 181 Å². The zero-order chi connectivity index (χ0) is 22.8.